The Morgan fingerprint density at radius 2 is 0.609 bits per heavy atom. The molecule has 7 aromatic rings. The molecule has 0 radical (unpaired) electrons. The summed E-state index contributed by atoms with van der Waals surface area (Å²) >= 11 is 0. The fourth-order valence-corrected chi connectivity index (χ4v) is 5.69. The highest BCUT2D eigenvalue weighted by Crippen LogP contribution is 2.36. The number of fused-ring (bicyclic) bond motifs is 4. The van der Waals surface area contributed by atoms with Crippen LogP contribution in [-0.4, -0.2) is 52.8 Å². The van der Waals surface area contributed by atoms with Crippen molar-refractivity contribution >= 4 is 55.5 Å². The van der Waals surface area contributed by atoms with Crippen LogP contribution >= 0.6 is 0 Å². The number of phenols is 4. The van der Waals surface area contributed by atoms with Crippen molar-refractivity contribution < 1.29 is 20.4 Å². The van der Waals surface area contributed by atoms with E-state index in [1.807, 2.05) is 38.4 Å². The third kappa shape index (κ3) is 5.80. The van der Waals surface area contributed by atoms with E-state index < -0.39 is 23.0 Å². The molecule has 238 valence electrons. The van der Waals surface area contributed by atoms with Gasteiger partial charge in [-0.15, -0.1) is 0 Å². The highest BCUT2D eigenvalue weighted by atomic mass is 16.3. The van der Waals surface area contributed by atoms with Gasteiger partial charge in [-0.05, 0) is 48.5 Å². The smallest absolute Gasteiger partial charge is 0.161 e. The summed E-state index contributed by atoms with van der Waals surface area (Å²) in [6.07, 6.45) is 0. The lowest BCUT2D eigenvalue weighted by Gasteiger charge is -2.21. The zero-order valence-corrected chi connectivity index (χ0v) is 26.8. The van der Waals surface area contributed by atoms with Crippen LogP contribution in [0.5, 0.6) is 23.0 Å². The van der Waals surface area contributed by atoms with E-state index in [9.17, 15) is 0 Å². The summed E-state index contributed by atoms with van der Waals surface area (Å²) in [5, 5.41) is 41.0. The molecule has 7 rings (SSSR count). The minimum Gasteiger partial charge on any atom is -0.504 e. The Bertz CT molecular complexity index is 1960. The Labute approximate surface area is 266 Å². The van der Waals surface area contributed by atoms with E-state index in [1.54, 1.807) is 0 Å². The van der Waals surface area contributed by atoms with Crippen molar-refractivity contribution in [1.82, 2.24) is 18.3 Å². The van der Waals surface area contributed by atoms with Gasteiger partial charge in [0.25, 0.3) is 0 Å². The molecule has 0 saturated heterocycles. The molecule has 46 heavy (non-hydrogen) atoms. The highest BCUT2D eigenvalue weighted by Gasteiger charge is 2.12. The molecule has 2 aromatic heterocycles. The number of phenolic OH excluding ortho intramolecular Hbond substituents is 4. The first-order valence-corrected chi connectivity index (χ1v) is 14.8. The first-order chi connectivity index (χ1) is 22.1. The first-order valence-electron chi connectivity index (χ1n) is 14.8. The SMILES string of the molecule is CNc1ccccc1NC.Cn1c2ccccc2n(C)c2cc3c(cc21)n(C)c1ccccc1n3C.Oc1cc(O)c(O)cc1O. The normalized spacial score (nSPS) is 10.7. The lowest BCUT2D eigenvalue weighted by Crippen LogP contribution is -2.08. The van der Waals surface area contributed by atoms with Crippen LogP contribution in [0.15, 0.2) is 97.1 Å². The van der Waals surface area contributed by atoms with E-state index in [2.05, 4.69) is 118 Å². The summed E-state index contributed by atoms with van der Waals surface area (Å²) in [6.45, 7) is 0. The second-order valence-corrected chi connectivity index (χ2v) is 10.9. The number of nitrogens with one attached hydrogen (secondary N) is 2. The van der Waals surface area contributed by atoms with Crippen molar-refractivity contribution in [3.05, 3.63) is 97.1 Å². The molecular weight excluding hydrogens is 580 g/mol. The van der Waals surface area contributed by atoms with E-state index >= 15 is 0 Å². The maximum atomic E-state index is 8.70. The number of hydrogen-bond donors (Lipinski definition) is 6. The third-order valence-corrected chi connectivity index (χ3v) is 8.26. The van der Waals surface area contributed by atoms with Crippen molar-refractivity contribution in [3.63, 3.8) is 0 Å². The van der Waals surface area contributed by atoms with Crippen LogP contribution in [0.25, 0.3) is 44.1 Å². The number of nitrogens with zero attached hydrogens (tertiary/aromatic N) is 4. The number of aromatic nitrogens is 4. The summed E-state index contributed by atoms with van der Waals surface area (Å²) in [5.41, 5.74) is 12.1. The molecule has 0 amide bonds. The van der Waals surface area contributed by atoms with Gasteiger partial charge < -0.3 is 49.3 Å². The summed E-state index contributed by atoms with van der Waals surface area (Å²) in [6, 6.07) is 31.5. The van der Waals surface area contributed by atoms with Crippen molar-refractivity contribution in [1.29, 1.82) is 0 Å². The van der Waals surface area contributed by atoms with Crippen molar-refractivity contribution in [3.8, 4) is 23.0 Å². The van der Waals surface area contributed by atoms with Crippen LogP contribution in [0, 0.1) is 0 Å². The maximum absolute atomic E-state index is 8.70. The van der Waals surface area contributed by atoms with Crippen LogP contribution in [0.1, 0.15) is 0 Å². The Morgan fingerprint density at radius 1 is 0.370 bits per heavy atom. The van der Waals surface area contributed by atoms with Crippen LogP contribution < -0.4 is 10.6 Å². The van der Waals surface area contributed by atoms with Gasteiger partial charge in [-0.3, -0.25) is 0 Å². The molecule has 0 unspecified atom stereocenters. The van der Waals surface area contributed by atoms with Gasteiger partial charge in [-0.2, -0.15) is 0 Å². The number of aryl methyl sites for hydroxylation is 4. The number of hydrogen-bond acceptors (Lipinski definition) is 6. The van der Waals surface area contributed by atoms with Gasteiger partial charge in [0.15, 0.2) is 23.0 Å². The fraction of sp³-hybridized carbons (Fsp3) is 0.167. The molecule has 0 aliphatic carbocycles. The van der Waals surface area contributed by atoms with E-state index in [4.69, 9.17) is 20.4 Å². The molecule has 0 saturated carbocycles. The van der Waals surface area contributed by atoms with Crippen molar-refractivity contribution in [2.45, 2.75) is 0 Å². The zero-order chi connectivity index (χ0) is 33.1. The summed E-state index contributed by atoms with van der Waals surface area (Å²) in [7, 11) is 12.4. The minimum atomic E-state index is -0.463. The number of anilines is 2. The van der Waals surface area contributed by atoms with E-state index in [0.717, 1.165) is 23.5 Å². The molecule has 6 N–H and O–H groups in total. The van der Waals surface area contributed by atoms with Crippen molar-refractivity contribution in [2.24, 2.45) is 28.2 Å². The van der Waals surface area contributed by atoms with E-state index in [0.29, 0.717) is 0 Å². The molecule has 0 fully saturated rings. The van der Waals surface area contributed by atoms with Crippen LogP contribution in [0.3, 0.4) is 0 Å². The number of aromatic hydroxyl groups is 4. The molecule has 0 spiro atoms. The van der Waals surface area contributed by atoms with Gasteiger partial charge in [0, 0.05) is 54.4 Å². The molecular formula is C36H40N6O4. The van der Waals surface area contributed by atoms with Gasteiger partial charge in [-0.25, -0.2) is 0 Å². The summed E-state index contributed by atoms with van der Waals surface area (Å²) < 4.78 is 9.16. The number of benzene rings is 5. The Kier molecular flexibility index (Phi) is 8.90. The average Bonchev–Trinajstić information content (AvgIpc) is 3.08. The van der Waals surface area contributed by atoms with Gasteiger partial charge in [0.1, 0.15) is 0 Å². The van der Waals surface area contributed by atoms with E-state index in [-0.39, 0.29) is 0 Å². The Morgan fingerprint density at radius 3 is 0.848 bits per heavy atom. The molecule has 0 bridgehead atoms. The van der Waals surface area contributed by atoms with Gasteiger partial charge in [0.2, 0.25) is 0 Å². The molecule has 10 nitrogen and oxygen atoms in total. The predicted molar refractivity (Wildman–Crippen MR) is 189 cm³/mol. The number of rotatable bonds is 2. The first kappa shape index (κ1) is 31.5. The van der Waals surface area contributed by atoms with Gasteiger partial charge in [0.05, 0.1) is 55.5 Å². The van der Waals surface area contributed by atoms with E-state index in [1.165, 1.54) is 44.1 Å². The Balaban J connectivity index is 0.000000171. The lowest BCUT2D eigenvalue weighted by atomic mass is 10.1. The third-order valence-electron chi connectivity index (χ3n) is 8.26. The Hall–Kier alpha value is -5.90. The standard InChI is InChI=1S/C22H22N4.C8H12N2.C6H6O4/c1-23-15-9-5-6-10-16(15)24(2)20-14-22-21(13-19(20)23)25(3)17-11-7-8-12-18(17)26(22)4;1-9-7-5-3-4-6-8(7)10-2;7-3-1-4(8)6(10)2-5(3)9/h5-14H,1-4H3;3-6,9-10H,1-2H3;1-2,7-10H. The average molecular weight is 621 g/mol. The molecule has 0 aliphatic rings. The number of para-hydroxylation sites is 6. The van der Waals surface area contributed by atoms with Crippen LogP contribution in [0.4, 0.5) is 11.4 Å². The minimum absolute atomic E-state index is 0.463. The molecule has 5 aromatic carbocycles. The topological polar surface area (TPSA) is 125 Å². The largest absolute Gasteiger partial charge is 0.504 e. The van der Waals surface area contributed by atoms with Crippen LogP contribution in [0.2, 0.25) is 0 Å². The quantitative estimate of drug-likeness (QED) is 0.0699. The van der Waals surface area contributed by atoms with Crippen LogP contribution in [-0.2, 0) is 28.2 Å². The second-order valence-electron chi connectivity index (χ2n) is 10.9. The molecule has 2 heterocycles. The molecule has 0 aliphatic heterocycles. The second kappa shape index (κ2) is 13.0. The highest BCUT2D eigenvalue weighted by molar-refractivity contribution is 5.99. The zero-order valence-electron chi connectivity index (χ0n) is 26.8. The lowest BCUT2D eigenvalue weighted by molar-refractivity contribution is 0.373. The van der Waals surface area contributed by atoms with Gasteiger partial charge >= 0.3 is 0 Å². The summed E-state index contributed by atoms with van der Waals surface area (Å²) in [4.78, 5) is 0. The van der Waals surface area contributed by atoms with Crippen molar-refractivity contribution in [2.75, 3.05) is 24.7 Å². The predicted octanol–water partition coefficient (Wildman–Crippen LogP) is 7.06. The summed E-state index contributed by atoms with van der Waals surface area (Å²) in [5.74, 6) is -1.85. The van der Waals surface area contributed by atoms with Gasteiger partial charge in [-0.1, -0.05) is 36.4 Å². The monoisotopic (exact) mass is 620 g/mol. The fourth-order valence-electron chi connectivity index (χ4n) is 5.69. The molecule has 10 heteroatoms. The molecule has 0 atom stereocenters. The maximum Gasteiger partial charge on any atom is 0.161 e.